The third kappa shape index (κ3) is 2.21. The highest BCUT2D eigenvalue weighted by Gasteiger charge is 2.05. The van der Waals surface area contributed by atoms with Crippen LogP contribution >= 0.6 is 0 Å². The van der Waals surface area contributed by atoms with Crippen molar-refractivity contribution >= 4 is 5.95 Å². The molecule has 1 aromatic carbocycles. The van der Waals surface area contributed by atoms with Crippen LogP contribution in [0.1, 0.15) is 23.9 Å². The van der Waals surface area contributed by atoms with Gasteiger partial charge in [0.2, 0.25) is 5.95 Å². The molecule has 0 saturated heterocycles. The van der Waals surface area contributed by atoms with Crippen molar-refractivity contribution in [3.05, 3.63) is 41.2 Å². The molecule has 0 aliphatic heterocycles. The molecule has 0 bridgehead atoms. The lowest BCUT2D eigenvalue weighted by molar-refractivity contribution is 0.682. The Morgan fingerprint density at radius 2 is 1.94 bits per heavy atom. The van der Waals surface area contributed by atoms with Gasteiger partial charge in [0, 0.05) is 6.42 Å². The molecule has 0 fully saturated rings. The summed E-state index contributed by atoms with van der Waals surface area (Å²) in [6.45, 7) is 4.77. The van der Waals surface area contributed by atoms with Crippen LogP contribution < -0.4 is 5.73 Å². The van der Waals surface area contributed by atoms with Crippen LogP contribution in [0, 0.1) is 6.92 Å². The van der Waals surface area contributed by atoms with Gasteiger partial charge in [-0.05, 0) is 12.5 Å². The smallest absolute Gasteiger partial charge is 0.219 e. The van der Waals surface area contributed by atoms with E-state index >= 15 is 0 Å². The van der Waals surface area contributed by atoms with Gasteiger partial charge in [-0.1, -0.05) is 36.8 Å². The van der Waals surface area contributed by atoms with Crippen LogP contribution in [-0.2, 0) is 13.0 Å². The summed E-state index contributed by atoms with van der Waals surface area (Å²) in [6, 6.07) is 8.34. The number of benzene rings is 1. The van der Waals surface area contributed by atoms with E-state index in [1.807, 2.05) is 6.92 Å². The Morgan fingerprint density at radius 3 is 2.50 bits per heavy atom. The summed E-state index contributed by atoms with van der Waals surface area (Å²) in [5.74, 6) is 1.28. The number of anilines is 1. The largest absolute Gasteiger partial charge is 0.368 e. The lowest BCUT2D eigenvalue weighted by Gasteiger charge is -2.03. The summed E-state index contributed by atoms with van der Waals surface area (Å²) >= 11 is 0. The standard InChI is InChI=1S/C12H16N4/c1-3-11-14-12(13)16(15-11)8-10-6-4-9(2)5-7-10/h4-7H,3,8H2,1-2H3,(H2,13,14,15). The Morgan fingerprint density at radius 1 is 1.25 bits per heavy atom. The summed E-state index contributed by atoms with van der Waals surface area (Å²) < 4.78 is 1.74. The molecule has 0 aliphatic carbocycles. The van der Waals surface area contributed by atoms with Crippen molar-refractivity contribution in [2.45, 2.75) is 26.8 Å². The molecule has 1 aromatic heterocycles. The number of nitrogens with two attached hydrogens (primary N) is 1. The first-order chi connectivity index (χ1) is 7.69. The van der Waals surface area contributed by atoms with Crippen molar-refractivity contribution in [3.8, 4) is 0 Å². The van der Waals surface area contributed by atoms with Crippen molar-refractivity contribution in [3.63, 3.8) is 0 Å². The number of aryl methyl sites for hydroxylation is 2. The second kappa shape index (κ2) is 4.35. The highest BCUT2D eigenvalue weighted by molar-refractivity contribution is 5.24. The maximum Gasteiger partial charge on any atom is 0.219 e. The van der Waals surface area contributed by atoms with Gasteiger partial charge in [0.25, 0.3) is 0 Å². The maximum absolute atomic E-state index is 5.78. The van der Waals surface area contributed by atoms with E-state index in [0.717, 1.165) is 12.2 Å². The molecule has 0 amide bonds. The van der Waals surface area contributed by atoms with Crippen LogP contribution in [0.15, 0.2) is 24.3 Å². The van der Waals surface area contributed by atoms with Crippen LogP contribution in [0.2, 0.25) is 0 Å². The van der Waals surface area contributed by atoms with Crippen molar-refractivity contribution in [2.24, 2.45) is 0 Å². The van der Waals surface area contributed by atoms with Gasteiger partial charge in [-0.2, -0.15) is 10.1 Å². The molecule has 2 rings (SSSR count). The third-order valence-electron chi connectivity index (χ3n) is 2.51. The van der Waals surface area contributed by atoms with E-state index in [0.29, 0.717) is 12.5 Å². The molecule has 0 spiro atoms. The maximum atomic E-state index is 5.78. The van der Waals surface area contributed by atoms with E-state index in [4.69, 9.17) is 5.73 Å². The first-order valence-corrected chi connectivity index (χ1v) is 5.43. The van der Waals surface area contributed by atoms with Crippen LogP contribution in [0.5, 0.6) is 0 Å². The molecule has 16 heavy (non-hydrogen) atoms. The Labute approximate surface area is 95.1 Å². The van der Waals surface area contributed by atoms with Crippen molar-refractivity contribution in [1.29, 1.82) is 0 Å². The molecule has 0 saturated carbocycles. The second-order valence-electron chi connectivity index (χ2n) is 3.88. The highest BCUT2D eigenvalue weighted by atomic mass is 15.4. The Hall–Kier alpha value is -1.84. The molecule has 2 aromatic rings. The third-order valence-corrected chi connectivity index (χ3v) is 2.51. The molecule has 2 N–H and O–H groups in total. The molecule has 0 atom stereocenters. The van der Waals surface area contributed by atoms with Crippen molar-refractivity contribution in [2.75, 3.05) is 5.73 Å². The van der Waals surface area contributed by atoms with E-state index in [-0.39, 0.29) is 0 Å². The number of hydrogen-bond donors (Lipinski definition) is 1. The summed E-state index contributed by atoms with van der Waals surface area (Å²) in [7, 11) is 0. The Bertz CT molecular complexity index is 470. The minimum Gasteiger partial charge on any atom is -0.368 e. The lowest BCUT2D eigenvalue weighted by atomic mass is 10.1. The van der Waals surface area contributed by atoms with Gasteiger partial charge in [0.15, 0.2) is 5.82 Å². The summed E-state index contributed by atoms with van der Waals surface area (Å²) in [4.78, 5) is 4.17. The van der Waals surface area contributed by atoms with Crippen LogP contribution in [0.25, 0.3) is 0 Å². The second-order valence-corrected chi connectivity index (χ2v) is 3.88. The molecular weight excluding hydrogens is 200 g/mol. The molecule has 84 valence electrons. The Balaban J connectivity index is 2.19. The molecule has 4 heteroatoms. The van der Waals surface area contributed by atoms with Crippen molar-refractivity contribution < 1.29 is 0 Å². The first kappa shape index (κ1) is 10.7. The molecule has 1 heterocycles. The minimum absolute atomic E-state index is 0.484. The van der Waals surface area contributed by atoms with E-state index in [1.165, 1.54) is 11.1 Å². The van der Waals surface area contributed by atoms with E-state index < -0.39 is 0 Å². The van der Waals surface area contributed by atoms with Gasteiger partial charge >= 0.3 is 0 Å². The number of nitrogens with zero attached hydrogens (tertiary/aromatic N) is 3. The zero-order valence-electron chi connectivity index (χ0n) is 9.64. The lowest BCUT2D eigenvalue weighted by Crippen LogP contribution is -2.06. The summed E-state index contributed by atoms with van der Waals surface area (Å²) in [5.41, 5.74) is 8.22. The SMILES string of the molecule is CCc1nc(N)n(Cc2ccc(C)cc2)n1. The van der Waals surface area contributed by atoms with Gasteiger partial charge in [0.05, 0.1) is 6.54 Å². The average molecular weight is 216 g/mol. The summed E-state index contributed by atoms with van der Waals surface area (Å²) in [5, 5.41) is 4.33. The molecule has 4 nitrogen and oxygen atoms in total. The van der Waals surface area contributed by atoms with Crippen LogP contribution in [0.3, 0.4) is 0 Å². The van der Waals surface area contributed by atoms with Crippen molar-refractivity contribution in [1.82, 2.24) is 14.8 Å². The monoisotopic (exact) mass is 216 g/mol. The highest BCUT2D eigenvalue weighted by Crippen LogP contribution is 2.08. The molecule has 0 radical (unpaired) electrons. The number of aromatic nitrogens is 3. The van der Waals surface area contributed by atoms with Gasteiger partial charge < -0.3 is 5.73 Å². The van der Waals surface area contributed by atoms with Crippen LogP contribution in [-0.4, -0.2) is 14.8 Å². The quantitative estimate of drug-likeness (QED) is 0.850. The fourth-order valence-corrected chi connectivity index (χ4v) is 1.54. The normalized spacial score (nSPS) is 10.6. The minimum atomic E-state index is 0.484. The van der Waals surface area contributed by atoms with Crippen LogP contribution in [0.4, 0.5) is 5.95 Å². The van der Waals surface area contributed by atoms with E-state index in [2.05, 4.69) is 41.3 Å². The molecular formula is C12H16N4. The number of nitrogen functional groups attached to an aromatic ring is 1. The molecule has 0 unspecified atom stereocenters. The van der Waals surface area contributed by atoms with Gasteiger partial charge in [-0.25, -0.2) is 4.68 Å². The molecule has 0 aliphatic rings. The van der Waals surface area contributed by atoms with E-state index in [9.17, 15) is 0 Å². The fraction of sp³-hybridized carbons (Fsp3) is 0.333. The number of hydrogen-bond acceptors (Lipinski definition) is 3. The predicted molar refractivity (Wildman–Crippen MR) is 64.1 cm³/mol. The van der Waals surface area contributed by atoms with Gasteiger partial charge in [0.1, 0.15) is 0 Å². The predicted octanol–water partition coefficient (Wildman–Crippen LogP) is 1.78. The average Bonchev–Trinajstić information content (AvgIpc) is 2.63. The zero-order chi connectivity index (χ0) is 11.5. The first-order valence-electron chi connectivity index (χ1n) is 5.43. The van der Waals surface area contributed by atoms with Gasteiger partial charge in [-0.15, -0.1) is 0 Å². The summed E-state index contributed by atoms with van der Waals surface area (Å²) in [6.07, 6.45) is 0.811. The number of rotatable bonds is 3. The fourth-order valence-electron chi connectivity index (χ4n) is 1.54. The van der Waals surface area contributed by atoms with E-state index in [1.54, 1.807) is 4.68 Å². The van der Waals surface area contributed by atoms with Gasteiger partial charge in [-0.3, -0.25) is 0 Å². The topological polar surface area (TPSA) is 56.7 Å². The zero-order valence-corrected chi connectivity index (χ0v) is 9.64. The Kier molecular flexibility index (Phi) is 2.90.